The number of ether oxygens (including phenoxy) is 1. The lowest BCUT2D eigenvalue weighted by molar-refractivity contribution is -0.168. The molecule has 2 aliphatic rings. The molecule has 4 atom stereocenters. The summed E-state index contributed by atoms with van der Waals surface area (Å²) in [5.41, 5.74) is 1.75. The van der Waals surface area contributed by atoms with Crippen LogP contribution in [0.4, 0.5) is 4.79 Å². The fraction of sp³-hybridized carbons (Fsp3) is 0.423. The zero-order chi connectivity index (χ0) is 27.3. The number of nitrogens with one attached hydrogen (secondary N) is 1. The Morgan fingerprint density at radius 2 is 1.65 bits per heavy atom. The number of rotatable bonds is 7. The first-order valence-electron chi connectivity index (χ1n) is 11.8. The lowest BCUT2D eigenvalue weighted by Gasteiger charge is -2.44. The van der Waals surface area contributed by atoms with Crippen LogP contribution in [0.1, 0.15) is 33.3 Å². The van der Waals surface area contributed by atoms with E-state index in [1.54, 1.807) is 13.8 Å². The SMILES string of the molecule is CC(C)(OC(=O)NCC(O)[C@@H]1C(=O)N2[C@@H](C(=O)O)C(C)(C)S(=O)(=O)[C@H]12)c1ccc(-c2ccccc2)cc1. The van der Waals surface area contributed by atoms with E-state index in [1.807, 2.05) is 54.6 Å². The van der Waals surface area contributed by atoms with Gasteiger partial charge in [-0.15, -0.1) is 0 Å². The van der Waals surface area contributed by atoms with Gasteiger partial charge in [0, 0.05) is 6.54 Å². The van der Waals surface area contributed by atoms with Crippen LogP contribution in [0.5, 0.6) is 0 Å². The Labute approximate surface area is 215 Å². The number of aliphatic carboxylic acids is 1. The van der Waals surface area contributed by atoms with E-state index in [0.717, 1.165) is 21.6 Å². The van der Waals surface area contributed by atoms with E-state index < -0.39 is 68.1 Å². The number of hydrogen-bond donors (Lipinski definition) is 3. The third kappa shape index (κ3) is 4.36. The van der Waals surface area contributed by atoms with Crippen LogP contribution in [0.3, 0.4) is 0 Å². The predicted octanol–water partition coefficient (Wildman–Crippen LogP) is 2.12. The van der Waals surface area contributed by atoms with E-state index in [0.29, 0.717) is 0 Å². The summed E-state index contributed by atoms with van der Waals surface area (Å²) in [5, 5.41) is 21.0. The molecular formula is C26H30N2O8S. The molecule has 11 heteroatoms. The highest BCUT2D eigenvalue weighted by Crippen LogP contribution is 2.49. The molecule has 2 aromatic rings. The minimum Gasteiger partial charge on any atom is -0.480 e. The molecule has 2 aromatic carbocycles. The summed E-state index contributed by atoms with van der Waals surface area (Å²) in [6, 6.07) is 15.8. The maximum atomic E-state index is 13.0. The minimum atomic E-state index is -4.09. The standard InChI is InChI=1S/C26H30N2O8S/c1-25(2,17-12-10-16(11-13-17)15-8-6-5-7-9-15)36-24(33)27-14-18(29)19-21(30)28-20(23(31)32)26(3,4)37(34,35)22(19)28/h5-13,18-20,22,29H,14H2,1-4H3,(H,27,33)(H,31,32)/t18?,19-,20+,22-/m1/s1. The average molecular weight is 531 g/mol. The lowest BCUT2D eigenvalue weighted by Crippen LogP contribution is -2.67. The number of aliphatic hydroxyl groups is 1. The number of hydrogen-bond acceptors (Lipinski definition) is 7. The van der Waals surface area contributed by atoms with Crippen molar-refractivity contribution in [1.29, 1.82) is 0 Å². The summed E-state index contributed by atoms with van der Waals surface area (Å²) in [5.74, 6) is -3.60. The van der Waals surface area contributed by atoms with E-state index in [2.05, 4.69) is 5.32 Å². The van der Waals surface area contributed by atoms with Gasteiger partial charge in [-0.1, -0.05) is 54.6 Å². The van der Waals surface area contributed by atoms with Crippen molar-refractivity contribution in [1.82, 2.24) is 10.2 Å². The van der Waals surface area contributed by atoms with Gasteiger partial charge in [-0.05, 0) is 44.4 Å². The predicted molar refractivity (Wildman–Crippen MR) is 134 cm³/mol. The van der Waals surface area contributed by atoms with Crippen molar-refractivity contribution in [2.45, 2.75) is 55.6 Å². The van der Waals surface area contributed by atoms with Crippen LogP contribution in [-0.4, -0.2) is 70.3 Å². The van der Waals surface area contributed by atoms with E-state index >= 15 is 0 Å². The summed E-state index contributed by atoms with van der Waals surface area (Å²) >= 11 is 0. The zero-order valence-electron chi connectivity index (χ0n) is 20.9. The second-order valence-corrected chi connectivity index (χ2v) is 13.0. The molecule has 2 fully saturated rings. The van der Waals surface area contributed by atoms with Gasteiger partial charge in [0.25, 0.3) is 0 Å². The quantitative estimate of drug-likeness (QED) is 0.461. The number of sulfone groups is 1. The highest BCUT2D eigenvalue weighted by molar-refractivity contribution is 7.93. The zero-order valence-corrected chi connectivity index (χ0v) is 21.7. The van der Waals surface area contributed by atoms with Crippen LogP contribution < -0.4 is 5.32 Å². The number of β-lactam (4-membered cyclic amide) rings is 1. The molecule has 0 spiro atoms. The molecule has 1 unspecified atom stereocenters. The fourth-order valence-electron chi connectivity index (χ4n) is 5.04. The number of carboxylic acid groups (broad SMARTS) is 1. The highest BCUT2D eigenvalue weighted by atomic mass is 32.2. The van der Waals surface area contributed by atoms with Crippen LogP contribution in [0.25, 0.3) is 11.1 Å². The van der Waals surface area contributed by atoms with Crippen LogP contribution in [0, 0.1) is 5.92 Å². The van der Waals surface area contributed by atoms with Gasteiger partial charge in [-0.25, -0.2) is 18.0 Å². The number of alkyl carbamates (subject to hydrolysis) is 1. The second kappa shape index (κ2) is 9.14. The molecular weight excluding hydrogens is 500 g/mol. The minimum absolute atomic E-state index is 0.448. The van der Waals surface area contributed by atoms with Gasteiger partial charge in [0.05, 0.1) is 10.9 Å². The molecule has 10 nitrogen and oxygen atoms in total. The molecule has 2 heterocycles. The Hall–Kier alpha value is -3.44. The number of fused-ring (bicyclic) bond motifs is 1. The third-order valence-electron chi connectivity index (χ3n) is 7.25. The Bertz CT molecular complexity index is 1320. The van der Waals surface area contributed by atoms with Crippen molar-refractivity contribution >= 4 is 27.8 Å². The van der Waals surface area contributed by atoms with Crippen molar-refractivity contribution < 1.29 is 37.8 Å². The first kappa shape index (κ1) is 26.6. The van der Waals surface area contributed by atoms with Gasteiger partial charge in [0.1, 0.15) is 22.9 Å². The van der Waals surface area contributed by atoms with Gasteiger partial charge >= 0.3 is 12.1 Å². The number of nitrogens with zero attached hydrogens (tertiary/aromatic N) is 1. The normalized spacial score (nSPS) is 24.5. The van der Waals surface area contributed by atoms with Crippen molar-refractivity contribution in [3.05, 3.63) is 60.2 Å². The second-order valence-electron chi connectivity index (χ2n) is 10.3. The van der Waals surface area contributed by atoms with E-state index in [4.69, 9.17) is 4.74 Å². The summed E-state index contributed by atoms with van der Waals surface area (Å²) in [7, 11) is -4.09. The number of amides is 2. The smallest absolute Gasteiger partial charge is 0.408 e. The number of carboxylic acids is 1. The van der Waals surface area contributed by atoms with Crippen molar-refractivity contribution in [2.75, 3.05) is 6.54 Å². The summed E-state index contributed by atoms with van der Waals surface area (Å²) < 4.78 is 29.7. The van der Waals surface area contributed by atoms with Gasteiger partial charge in [0.2, 0.25) is 5.91 Å². The Kier molecular flexibility index (Phi) is 6.58. The van der Waals surface area contributed by atoms with Crippen LogP contribution in [0.15, 0.2) is 54.6 Å². The molecule has 0 aromatic heterocycles. The number of benzene rings is 2. The maximum absolute atomic E-state index is 13.0. The van der Waals surface area contributed by atoms with Gasteiger partial charge in [-0.3, -0.25) is 4.79 Å². The monoisotopic (exact) mass is 530 g/mol. The van der Waals surface area contributed by atoms with Crippen molar-refractivity contribution in [2.24, 2.45) is 5.92 Å². The topological polar surface area (TPSA) is 150 Å². The summed E-state index contributed by atoms with van der Waals surface area (Å²) in [6.45, 7) is 5.46. The lowest BCUT2D eigenvalue weighted by atomic mass is 9.88. The molecule has 4 rings (SSSR count). The van der Waals surface area contributed by atoms with E-state index in [1.165, 1.54) is 13.8 Å². The van der Waals surface area contributed by atoms with Crippen LogP contribution in [-0.2, 0) is 29.8 Å². The van der Waals surface area contributed by atoms with E-state index in [9.17, 15) is 33.0 Å². The Balaban J connectivity index is 1.38. The highest BCUT2D eigenvalue weighted by Gasteiger charge is 2.73. The molecule has 0 aliphatic carbocycles. The Morgan fingerprint density at radius 1 is 1.08 bits per heavy atom. The number of aliphatic hydroxyl groups excluding tert-OH is 1. The molecule has 2 aliphatic heterocycles. The summed E-state index contributed by atoms with van der Waals surface area (Å²) in [6.07, 6.45) is -2.41. The average Bonchev–Trinajstić information content (AvgIpc) is 2.97. The summed E-state index contributed by atoms with van der Waals surface area (Å²) in [4.78, 5) is 37.6. The van der Waals surface area contributed by atoms with E-state index in [-0.39, 0.29) is 0 Å². The van der Waals surface area contributed by atoms with Gasteiger partial charge < -0.3 is 25.2 Å². The fourth-order valence-corrected chi connectivity index (χ4v) is 7.39. The molecule has 0 saturated carbocycles. The first-order valence-corrected chi connectivity index (χ1v) is 13.3. The number of carbonyl (C=O) groups excluding carboxylic acids is 2. The van der Waals surface area contributed by atoms with Gasteiger partial charge in [-0.2, -0.15) is 0 Å². The van der Waals surface area contributed by atoms with Crippen molar-refractivity contribution in [3.8, 4) is 11.1 Å². The molecule has 37 heavy (non-hydrogen) atoms. The van der Waals surface area contributed by atoms with Gasteiger partial charge in [0.15, 0.2) is 9.84 Å². The molecule has 0 bridgehead atoms. The third-order valence-corrected chi connectivity index (χ3v) is 10.1. The largest absolute Gasteiger partial charge is 0.480 e. The molecule has 198 valence electrons. The van der Waals surface area contributed by atoms with Crippen molar-refractivity contribution in [3.63, 3.8) is 0 Å². The van der Waals surface area contributed by atoms with Crippen LogP contribution in [0.2, 0.25) is 0 Å². The molecule has 0 radical (unpaired) electrons. The number of carbonyl (C=O) groups is 3. The molecule has 2 saturated heterocycles. The van der Waals surface area contributed by atoms with Crippen LogP contribution >= 0.6 is 0 Å². The molecule has 2 amide bonds. The first-order chi connectivity index (χ1) is 17.2. The molecule has 3 N–H and O–H groups in total. The Morgan fingerprint density at radius 3 is 2.22 bits per heavy atom. The maximum Gasteiger partial charge on any atom is 0.408 e.